The lowest BCUT2D eigenvalue weighted by atomic mass is 9.80. The minimum Gasteiger partial charge on any atom is -0.381 e. The average Bonchev–Trinajstić information content (AvgIpc) is 2.78. The number of hydrogen-bond acceptors (Lipinski definition) is 4. The molecule has 1 saturated heterocycles. The quantitative estimate of drug-likeness (QED) is 0.654. The van der Waals surface area contributed by atoms with Gasteiger partial charge in [-0.15, -0.1) is 0 Å². The van der Waals surface area contributed by atoms with Gasteiger partial charge in [0.2, 0.25) is 0 Å². The first-order valence-corrected chi connectivity index (χ1v) is 5.77. The molecule has 0 aromatic heterocycles. The van der Waals surface area contributed by atoms with E-state index >= 15 is 0 Å². The van der Waals surface area contributed by atoms with Gasteiger partial charge in [0.25, 0.3) is 5.69 Å². The van der Waals surface area contributed by atoms with Gasteiger partial charge >= 0.3 is 0 Å². The van der Waals surface area contributed by atoms with Crippen LogP contribution in [0, 0.1) is 21.3 Å². The van der Waals surface area contributed by atoms with Crippen LogP contribution in [0.25, 0.3) is 0 Å². The predicted octanol–water partition coefficient (Wildman–Crippen LogP) is 1.64. The maximum Gasteiger partial charge on any atom is 0.272 e. The molecule has 1 heterocycles. The highest BCUT2D eigenvalue weighted by Gasteiger charge is 2.35. The second-order valence-corrected chi connectivity index (χ2v) is 4.71. The Hall–Kier alpha value is -1.53. The van der Waals surface area contributed by atoms with E-state index in [-0.39, 0.29) is 11.1 Å². The largest absolute Gasteiger partial charge is 0.381 e. The molecule has 1 atom stereocenters. The van der Waals surface area contributed by atoms with Gasteiger partial charge in [0, 0.05) is 30.2 Å². The summed E-state index contributed by atoms with van der Waals surface area (Å²) in [5.41, 5.74) is 5.76. The Balaban J connectivity index is 2.32. The smallest absolute Gasteiger partial charge is 0.272 e. The van der Waals surface area contributed by atoms with E-state index in [1.165, 1.54) is 12.1 Å². The third-order valence-electron chi connectivity index (χ3n) is 3.42. The van der Waals surface area contributed by atoms with Gasteiger partial charge in [-0.1, -0.05) is 0 Å². The zero-order valence-corrected chi connectivity index (χ0v) is 9.89. The van der Waals surface area contributed by atoms with E-state index in [2.05, 4.69) is 0 Å². The lowest BCUT2D eigenvalue weighted by Gasteiger charge is -2.25. The zero-order chi connectivity index (χ0) is 13.2. The van der Waals surface area contributed by atoms with Crippen molar-refractivity contribution >= 4 is 5.69 Å². The summed E-state index contributed by atoms with van der Waals surface area (Å²) in [6.45, 7) is 1.44. The van der Waals surface area contributed by atoms with Crippen LogP contribution in [0.2, 0.25) is 0 Å². The maximum absolute atomic E-state index is 13.2. The number of benzene rings is 1. The summed E-state index contributed by atoms with van der Waals surface area (Å²) in [4.78, 5) is 10.4. The summed E-state index contributed by atoms with van der Waals surface area (Å²) < 4.78 is 18.5. The van der Waals surface area contributed by atoms with E-state index in [1.807, 2.05) is 0 Å². The fourth-order valence-electron chi connectivity index (χ4n) is 2.30. The first-order chi connectivity index (χ1) is 8.56. The molecule has 1 unspecified atom stereocenters. The Kier molecular flexibility index (Phi) is 3.58. The van der Waals surface area contributed by atoms with E-state index in [9.17, 15) is 14.5 Å². The normalized spacial score (nSPS) is 23.2. The van der Waals surface area contributed by atoms with Gasteiger partial charge in [0.1, 0.15) is 5.82 Å². The van der Waals surface area contributed by atoms with Crippen LogP contribution in [-0.2, 0) is 11.2 Å². The Bertz CT molecular complexity index is 459. The van der Waals surface area contributed by atoms with Crippen molar-refractivity contribution < 1.29 is 14.1 Å². The van der Waals surface area contributed by atoms with Crippen LogP contribution in [0.5, 0.6) is 0 Å². The van der Waals surface area contributed by atoms with Crippen molar-refractivity contribution in [2.75, 3.05) is 19.8 Å². The van der Waals surface area contributed by atoms with Gasteiger partial charge in [-0.2, -0.15) is 0 Å². The minimum atomic E-state index is -0.491. The topological polar surface area (TPSA) is 78.4 Å². The Morgan fingerprint density at radius 2 is 2.33 bits per heavy atom. The Morgan fingerprint density at radius 1 is 1.56 bits per heavy atom. The van der Waals surface area contributed by atoms with Crippen molar-refractivity contribution in [3.63, 3.8) is 0 Å². The molecule has 2 N–H and O–H groups in total. The number of nitrogens with two attached hydrogens (primary N) is 1. The average molecular weight is 254 g/mol. The van der Waals surface area contributed by atoms with Crippen molar-refractivity contribution in [3.8, 4) is 0 Å². The number of hydrogen-bond donors (Lipinski definition) is 1. The lowest BCUT2D eigenvalue weighted by molar-refractivity contribution is -0.385. The van der Waals surface area contributed by atoms with Gasteiger partial charge in [-0.3, -0.25) is 10.1 Å². The number of ether oxygens (including phenoxy) is 1. The molecule has 0 amide bonds. The Labute approximate surface area is 104 Å². The molecular formula is C12H15FN2O3. The third kappa shape index (κ3) is 2.49. The van der Waals surface area contributed by atoms with Gasteiger partial charge in [-0.05, 0) is 25.0 Å². The number of rotatable bonds is 4. The first-order valence-electron chi connectivity index (χ1n) is 5.77. The molecule has 98 valence electrons. The van der Waals surface area contributed by atoms with Crippen LogP contribution in [0.15, 0.2) is 18.2 Å². The second-order valence-electron chi connectivity index (χ2n) is 4.71. The van der Waals surface area contributed by atoms with Gasteiger partial charge in [0.05, 0.1) is 11.5 Å². The van der Waals surface area contributed by atoms with Crippen molar-refractivity contribution in [2.45, 2.75) is 12.8 Å². The number of nitro groups is 1. The molecule has 0 radical (unpaired) electrons. The molecule has 2 rings (SSSR count). The van der Waals surface area contributed by atoms with Crippen molar-refractivity contribution in [2.24, 2.45) is 11.1 Å². The Morgan fingerprint density at radius 3 is 2.89 bits per heavy atom. The SMILES string of the molecule is NCC1(Cc2cc(F)ccc2[N+](=O)[O-])CCOC1. The van der Waals surface area contributed by atoms with E-state index in [0.29, 0.717) is 31.7 Å². The second kappa shape index (κ2) is 4.99. The highest BCUT2D eigenvalue weighted by molar-refractivity contribution is 5.41. The third-order valence-corrected chi connectivity index (χ3v) is 3.42. The molecule has 18 heavy (non-hydrogen) atoms. The maximum atomic E-state index is 13.2. The molecule has 1 aromatic rings. The summed E-state index contributed by atoms with van der Waals surface area (Å²) in [6.07, 6.45) is 1.12. The fraction of sp³-hybridized carbons (Fsp3) is 0.500. The van der Waals surface area contributed by atoms with Crippen LogP contribution >= 0.6 is 0 Å². The lowest BCUT2D eigenvalue weighted by Crippen LogP contribution is -2.33. The van der Waals surface area contributed by atoms with Crippen molar-refractivity contribution in [3.05, 3.63) is 39.7 Å². The fourth-order valence-corrected chi connectivity index (χ4v) is 2.30. The summed E-state index contributed by atoms with van der Waals surface area (Å²) >= 11 is 0. The highest BCUT2D eigenvalue weighted by Crippen LogP contribution is 2.34. The summed E-state index contributed by atoms with van der Waals surface area (Å²) in [5, 5.41) is 10.9. The molecule has 1 aromatic carbocycles. The molecule has 0 aliphatic carbocycles. The number of nitro benzene ring substituents is 1. The van der Waals surface area contributed by atoms with Gasteiger partial charge in [0.15, 0.2) is 0 Å². The van der Waals surface area contributed by atoms with Crippen LogP contribution < -0.4 is 5.73 Å². The summed E-state index contributed by atoms with van der Waals surface area (Å²) in [6, 6.07) is 3.51. The zero-order valence-electron chi connectivity index (χ0n) is 9.89. The van der Waals surface area contributed by atoms with Gasteiger partial charge < -0.3 is 10.5 Å². The molecule has 1 aliphatic rings. The number of nitrogens with zero attached hydrogens (tertiary/aromatic N) is 1. The number of halogens is 1. The minimum absolute atomic E-state index is 0.0591. The van der Waals surface area contributed by atoms with Crippen LogP contribution in [-0.4, -0.2) is 24.7 Å². The first kappa shape index (κ1) is 12.9. The molecule has 0 spiro atoms. The van der Waals surface area contributed by atoms with Crippen molar-refractivity contribution in [1.82, 2.24) is 0 Å². The molecule has 0 bridgehead atoms. The standard InChI is InChI=1S/C12H15FN2O3/c13-10-1-2-11(15(16)17)9(5-10)6-12(7-14)3-4-18-8-12/h1-2,5H,3-4,6-8,14H2. The van der Waals surface area contributed by atoms with Crippen LogP contribution in [0.4, 0.5) is 10.1 Å². The monoisotopic (exact) mass is 254 g/mol. The van der Waals surface area contributed by atoms with Crippen molar-refractivity contribution in [1.29, 1.82) is 0 Å². The van der Waals surface area contributed by atoms with E-state index in [0.717, 1.165) is 12.5 Å². The van der Waals surface area contributed by atoms with E-state index in [4.69, 9.17) is 10.5 Å². The van der Waals surface area contributed by atoms with Crippen LogP contribution in [0.3, 0.4) is 0 Å². The molecular weight excluding hydrogens is 239 g/mol. The molecule has 6 heteroatoms. The van der Waals surface area contributed by atoms with E-state index < -0.39 is 10.7 Å². The molecule has 1 fully saturated rings. The molecule has 1 aliphatic heterocycles. The highest BCUT2D eigenvalue weighted by atomic mass is 19.1. The molecule has 5 nitrogen and oxygen atoms in total. The van der Waals surface area contributed by atoms with Gasteiger partial charge in [-0.25, -0.2) is 4.39 Å². The summed E-state index contributed by atoms with van der Waals surface area (Å²) in [7, 11) is 0. The summed E-state index contributed by atoms with van der Waals surface area (Å²) in [5.74, 6) is -0.471. The van der Waals surface area contributed by atoms with E-state index in [1.54, 1.807) is 0 Å². The predicted molar refractivity (Wildman–Crippen MR) is 63.7 cm³/mol. The molecule has 0 saturated carbocycles. The van der Waals surface area contributed by atoms with Crippen LogP contribution in [0.1, 0.15) is 12.0 Å².